The number of ketones is 2. The largest absolute Gasteiger partial charge is 0.486 e. The Bertz CT molecular complexity index is 1160. The number of rotatable bonds is 10. The summed E-state index contributed by atoms with van der Waals surface area (Å²) in [5.74, 6) is -2.37. The standard InChI is InChI=1S/C23H21NO7/c1-14-2-5-17(6-3-14)31-13-16(25)11-24-12-19(21(26)8-9-22(27)28)18-10-15(23(29)30)4-7-20(18)24/h2-7,10,12H,8-9,11,13H2,1H3,(H,27,28)(H,29,30). The minimum Gasteiger partial charge on any atom is -0.486 e. The van der Waals surface area contributed by atoms with Gasteiger partial charge in [-0.2, -0.15) is 0 Å². The Hall–Kier alpha value is -3.94. The summed E-state index contributed by atoms with van der Waals surface area (Å²) in [5, 5.41) is 18.5. The first-order chi connectivity index (χ1) is 14.7. The van der Waals surface area contributed by atoms with Crippen molar-refractivity contribution in [3.63, 3.8) is 0 Å². The van der Waals surface area contributed by atoms with E-state index in [2.05, 4.69) is 0 Å². The Morgan fingerprint density at radius 2 is 1.68 bits per heavy atom. The van der Waals surface area contributed by atoms with Crippen LogP contribution in [0.4, 0.5) is 0 Å². The molecule has 0 aliphatic carbocycles. The van der Waals surface area contributed by atoms with Crippen molar-refractivity contribution >= 4 is 34.4 Å². The Morgan fingerprint density at radius 3 is 2.32 bits per heavy atom. The normalized spacial score (nSPS) is 10.7. The molecule has 0 radical (unpaired) electrons. The summed E-state index contributed by atoms with van der Waals surface area (Å²) in [6, 6.07) is 11.5. The highest BCUT2D eigenvalue weighted by Crippen LogP contribution is 2.25. The van der Waals surface area contributed by atoms with E-state index in [1.165, 1.54) is 24.4 Å². The van der Waals surface area contributed by atoms with E-state index in [9.17, 15) is 24.3 Å². The van der Waals surface area contributed by atoms with Crippen LogP contribution in [0, 0.1) is 6.92 Å². The number of hydrogen-bond acceptors (Lipinski definition) is 5. The number of aromatic carboxylic acids is 1. The van der Waals surface area contributed by atoms with Gasteiger partial charge in [0.25, 0.3) is 0 Å². The second-order valence-electron chi connectivity index (χ2n) is 7.17. The van der Waals surface area contributed by atoms with E-state index in [0.29, 0.717) is 16.7 Å². The molecule has 0 spiro atoms. The van der Waals surface area contributed by atoms with E-state index >= 15 is 0 Å². The molecule has 2 N–H and O–H groups in total. The number of carbonyl (C=O) groups excluding carboxylic acids is 2. The van der Waals surface area contributed by atoms with Crippen molar-refractivity contribution in [1.82, 2.24) is 4.57 Å². The number of nitrogens with zero attached hydrogens (tertiary/aromatic N) is 1. The Kier molecular flexibility index (Phi) is 6.49. The summed E-state index contributed by atoms with van der Waals surface area (Å²) in [4.78, 5) is 47.1. The van der Waals surface area contributed by atoms with Crippen LogP contribution in [0.2, 0.25) is 0 Å². The second kappa shape index (κ2) is 9.25. The van der Waals surface area contributed by atoms with Crippen LogP contribution in [-0.4, -0.2) is 44.9 Å². The Balaban J connectivity index is 1.84. The van der Waals surface area contributed by atoms with Crippen LogP contribution in [0.25, 0.3) is 10.9 Å². The predicted molar refractivity (Wildman–Crippen MR) is 112 cm³/mol. The molecule has 0 atom stereocenters. The molecule has 8 heteroatoms. The maximum Gasteiger partial charge on any atom is 0.335 e. The van der Waals surface area contributed by atoms with Crippen molar-refractivity contribution < 1.29 is 34.1 Å². The number of Topliss-reactive ketones (excluding diaryl/α,β-unsaturated/α-hetero) is 2. The number of aromatic nitrogens is 1. The lowest BCUT2D eigenvalue weighted by molar-refractivity contribution is -0.137. The second-order valence-corrected chi connectivity index (χ2v) is 7.17. The van der Waals surface area contributed by atoms with Gasteiger partial charge < -0.3 is 19.5 Å². The van der Waals surface area contributed by atoms with Gasteiger partial charge in [0.2, 0.25) is 0 Å². The molecule has 0 bridgehead atoms. The number of carbonyl (C=O) groups is 4. The van der Waals surface area contributed by atoms with Gasteiger partial charge in [-0.25, -0.2) is 4.79 Å². The van der Waals surface area contributed by atoms with Crippen molar-refractivity contribution in [3.8, 4) is 5.75 Å². The minimum atomic E-state index is -1.15. The molecular weight excluding hydrogens is 402 g/mol. The number of hydrogen-bond donors (Lipinski definition) is 2. The topological polar surface area (TPSA) is 123 Å². The van der Waals surface area contributed by atoms with Crippen molar-refractivity contribution in [2.75, 3.05) is 6.61 Å². The molecule has 1 aromatic heterocycles. The Morgan fingerprint density at radius 1 is 0.968 bits per heavy atom. The van der Waals surface area contributed by atoms with E-state index in [1.807, 2.05) is 19.1 Å². The third-order valence-electron chi connectivity index (χ3n) is 4.76. The molecule has 31 heavy (non-hydrogen) atoms. The fourth-order valence-electron chi connectivity index (χ4n) is 3.17. The molecule has 0 aliphatic heterocycles. The average molecular weight is 423 g/mol. The smallest absolute Gasteiger partial charge is 0.335 e. The number of carboxylic acid groups (broad SMARTS) is 2. The molecule has 0 saturated heterocycles. The molecule has 0 saturated carbocycles. The van der Waals surface area contributed by atoms with Crippen molar-refractivity contribution in [1.29, 1.82) is 0 Å². The first-order valence-corrected chi connectivity index (χ1v) is 9.57. The van der Waals surface area contributed by atoms with E-state index < -0.39 is 17.7 Å². The van der Waals surface area contributed by atoms with Crippen molar-refractivity contribution in [3.05, 3.63) is 65.4 Å². The zero-order valence-corrected chi connectivity index (χ0v) is 16.8. The van der Waals surface area contributed by atoms with Gasteiger partial charge in [0.1, 0.15) is 12.4 Å². The maximum absolute atomic E-state index is 12.5. The van der Waals surface area contributed by atoms with Gasteiger partial charge >= 0.3 is 11.9 Å². The van der Waals surface area contributed by atoms with Crippen LogP contribution in [0.1, 0.15) is 39.1 Å². The number of carboxylic acids is 2. The summed E-state index contributed by atoms with van der Waals surface area (Å²) in [7, 11) is 0. The molecule has 1 heterocycles. The molecular formula is C23H21NO7. The monoisotopic (exact) mass is 423 g/mol. The summed E-state index contributed by atoms with van der Waals surface area (Å²) < 4.78 is 7.06. The molecule has 0 fully saturated rings. The first kappa shape index (κ1) is 21.8. The van der Waals surface area contributed by atoms with Crippen LogP contribution >= 0.6 is 0 Å². The SMILES string of the molecule is Cc1ccc(OCC(=O)Cn2cc(C(=O)CCC(=O)O)c3cc(C(=O)O)ccc32)cc1. The van der Waals surface area contributed by atoms with E-state index in [1.54, 1.807) is 16.7 Å². The molecule has 2 aromatic carbocycles. The molecule has 0 amide bonds. The molecule has 3 rings (SSSR count). The van der Waals surface area contributed by atoms with E-state index in [-0.39, 0.29) is 42.9 Å². The Labute approximate surface area is 177 Å². The summed E-state index contributed by atoms with van der Waals surface area (Å²) >= 11 is 0. The highest BCUT2D eigenvalue weighted by atomic mass is 16.5. The molecule has 160 valence electrons. The minimum absolute atomic E-state index is 0.00781. The summed E-state index contributed by atoms with van der Waals surface area (Å²) in [5.41, 5.74) is 1.75. The van der Waals surface area contributed by atoms with Gasteiger partial charge in [0.15, 0.2) is 11.6 Å². The fraction of sp³-hybridized carbons (Fsp3) is 0.217. The van der Waals surface area contributed by atoms with E-state index in [4.69, 9.17) is 9.84 Å². The third-order valence-corrected chi connectivity index (χ3v) is 4.76. The first-order valence-electron chi connectivity index (χ1n) is 9.57. The van der Waals surface area contributed by atoms with Crippen LogP contribution in [-0.2, 0) is 16.1 Å². The number of aryl methyl sites for hydroxylation is 1. The molecule has 0 unspecified atom stereocenters. The zero-order valence-electron chi connectivity index (χ0n) is 16.8. The summed E-state index contributed by atoms with van der Waals surface area (Å²) in [6.07, 6.45) is 0.897. The summed E-state index contributed by atoms with van der Waals surface area (Å²) in [6.45, 7) is 1.69. The van der Waals surface area contributed by atoms with Gasteiger partial charge in [-0.05, 0) is 37.3 Å². The molecule has 3 aromatic rings. The van der Waals surface area contributed by atoms with Gasteiger partial charge in [0, 0.05) is 29.1 Å². The number of ether oxygens (including phenoxy) is 1. The van der Waals surface area contributed by atoms with Gasteiger partial charge in [-0.15, -0.1) is 0 Å². The van der Waals surface area contributed by atoms with Gasteiger partial charge in [-0.3, -0.25) is 14.4 Å². The highest BCUT2D eigenvalue weighted by Gasteiger charge is 2.19. The third kappa shape index (κ3) is 5.36. The highest BCUT2D eigenvalue weighted by molar-refractivity contribution is 6.10. The van der Waals surface area contributed by atoms with Crippen molar-refractivity contribution in [2.24, 2.45) is 0 Å². The quantitative estimate of drug-likeness (QED) is 0.479. The van der Waals surface area contributed by atoms with Crippen LogP contribution < -0.4 is 4.74 Å². The van der Waals surface area contributed by atoms with Crippen LogP contribution in [0.5, 0.6) is 5.75 Å². The van der Waals surface area contributed by atoms with Gasteiger partial charge in [0.05, 0.1) is 18.5 Å². The predicted octanol–water partition coefficient (Wildman–Crippen LogP) is 3.34. The molecule has 0 aliphatic rings. The van der Waals surface area contributed by atoms with Gasteiger partial charge in [-0.1, -0.05) is 17.7 Å². The maximum atomic E-state index is 12.5. The van der Waals surface area contributed by atoms with Crippen LogP contribution in [0.3, 0.4) is 0 Å². The lowest BCUT2D eigenvalue weighted by Gasteiger charge is -2.08. The lowest BCUT2D eigenvalue weighted by Crippen LogP contribution is -2.17. The zero-order chi connectivity index (χ0) is 22.5. The van der Waals surface area contributed by atoms with Crippen LogP contribution in [0.15, 0.2) is 48.7 Å². The number of benzene rings is 2. The molecule has 8 nitrogen and oxygen atoms in total. The average Bonchev–Trinajstić information content (AvgIpc) is 3.09. The fourth-order valence-corrected chi connectivity index (χ4v) is 3.17. The van der Waals surface area contributed by atoms with E-state index in [0.717, 1.165) is 5.56 Å². The number of aliphatic carboxylic acids is 1. The number of fused-ring (bicyclic) bond motifs is 1. The van der Waals surface area contributed by atoms with Crippen molar-refractivity contribution in [2.45, 2.75) is 26.3 Å². The lowest BCUT2D eigenvalue weighted by atomic mass is 10.0.